The van der Waals surface area contributed by atoms with Crippen molar-refractivity contribution in [2.45, 2.75) is 57.4 Å². The lowest BCUT2D eigenvalue weighted by atomic mass is 9.93. The molecular weight excluding hydrogens is 507 g/mol. The van der Waals surface area contributed by atoms with E-state index in [2.05, 4.69) is 29.0 Å². The summed E-state index contributed by atoms with van der Waals surface area (Å²) in [4.78, 5) is 37.0. The Balaban J connectivity index is 1.20. The Bertz CT molecular complexity index is 1660. The lowest BCUT2D eigenvalue weighted by Gasteiger charge is -2.35. The molecule has 2 unspecified atom stereocenters. The van der Waals surface area contributed by atoms with Crippen LogP contribution in [0.4, 0.5) is 4.39 Å². The maximum atomic E-state index is 15.4. The number of rotatable bonds is 6. The smallest absolute Gasteiger partial charge is 0.309 e. The monoisotopic (exact) mass is 538 g/mol. The molecular formula is C32H31FN4O3. The molecule has 8 heteroatoms. The van der Waals surface area contributed by atoms with E-state index in [1.54, 1.807) is 13.0 Å². The van der Waals surface area contributed by atoms with Gasteiger partial charge in [-0.15, -0.1) is 0 Å². The van der Waals surface area contributed by atoms with Gasteiger partial charge < -0.3 is 9.64 Å². The molecule has 0 saturated heterocycles. The highest BCUT2D eigenvalue weighted by Gasteiger charge is 2.45. The number of halogens is 1. The topological polar surface area (TPSA) is 76.8 Å². The maximum absolute atomic E-state index is 15.4. The van der Waals surface area contributed by atoms with Crippen molar-refractivity contribution in [3.8, 4) is 11.3 Å². The lowest BCUT2D eigenvalue weighted by molar-refractivity contribution is -0.144. The molecule has 1 aliphatic heterocycles. The highest BCUT2D eigenvalue weighted by Crippen LogP contribution is 2.49. The zero-order chi connectivity index (χ0) is 27.5. The van der Waals surface area contributed by atoms with E-state index >= 15 is 4.39 Å². The zero-order valence-electron chi connectivity index (χ0n) is 22.6. The van der Waals surface area contributed by atoms with Crippen LogP contribution < -0.4 is 0 Å². The number of carbonyl (C=O) groups excluding carboxylic acids is 2. The number of hydrogen-bond acceptors (Lipinski definition) is 5. The van der Waals surface area contributed by atoms with Crippen molar-refractivity contribution in [1.29, 1.82) is 0 Å². The minimum atomic E-state index is -0.388. The Labute approximate surface area is 232 Å². The first kappa shape index (κ1) is 24.9. The summed E-state index contributed by atoms with van der Waals surface area (Å²) in [6.07, 6.45) is 5.40. The number of carbonyl (C=O) groups is 2. The highest BCUT2D eigenvalue weighted by atomic mass is 19.1. The fourth-order valence-corrected chi connectivity index (χ4v) is 6.16. The minimum Gasteiger partial charge on any atom is -0.466 e. The van der Waals surface area contributed by atoms with Crippen LogP contribution in [0.25, 0.3) is 17.0 Å². The van der Waals surface area contributed by atoms with E-state index in [9.17, 15) is 9.59 Å². The second-order valence-corrected chi connectivity index (χ2v) is 11.2. The number of fused-ring (bicyclic) bond motifs is 2. The summed E-state index contributed by atoms with van der Waals surface area (Å²) in [5, 5.41) is 0. The molecule has 40 heavy (non-hydrogen) atoms. The molecule has 2 fully saturated rings. The van der Waals surface area contributed by atoms with Crippen LogP contribution in [0, 0.1) is 11.7 Å². The van der Waals surface area contributed by atoms with Crippen molar-refractivity contribution in [2.75, 3.05) is 13.2 Å². The predicted octanol–water partition coefficient (Wildman–Crippen LogP) is 5.84. The molecule has 1 amide bonds. The quantitative estimate of drug-likeness (QED) is 0.288. The van der Waals surface area contributed by atoms with E-state index in [0.29, 0.717) is 48.2 Å². The van der Waals surface area contributed by atoms with E-state index in [1.165, 1.54) is 17.2 Å². The van der Waals surface area contributed by atoms with Gasteiger partial charge in [-0.3, -0.25) is 14.0 Å². The molecule has 2 aromatic heterocycles. The molecule has 7 nitrogen and oxygen atoms in total. The molecule has 3 heterocycles. The number of esters is 1. The van der Waals surface area contributed by atoms with Gasteiger partial charge in [0, 0.05) is 24.0 Å². The molecule has 2 aliphatic carbocycles. The number of amides is 1. The Kier molecular flexibility index (Phi) is 5.95. The summed E-state index contributed by atoms with van der Waals surface area (Å²) >= 11 is 0. The van der Waals surface area contributed by atoms with Crippen LogP contribution in [0.2, 0.25) is 0 Å². The third kappa shape index (κ3) is 4.26. The maximum Gasteiger partial charge on any atom is 0.309 e. The average Bonchev–Trinajstić information content (AvgIpc) is 3.89. The van der Waals surface area contributed by atoms with Crippen LogP contribution in [0.15, 0.2) is 54.7 Å². The summed E-state index contributed by atoms with van der Waals surface area (Å²) in [5.74, 6) is -0.180. The molecule has 0 bridgehead atoms. The first-order chi connectivity index (χ1) is 19.4. The second-order valence-electron chi connectivity index (χ2n) is 11.2. The van der Waals surface area contributed by atoms with Crippen LogP contribution in [0.3, 0.4) is 0 Å². The summed E-state index contributed by atoms with van der Waals surface area (Å²) in [5.41, 5.74) is 5.47. The Hall–Kier alpha value is -4.07. The van der Waals surface area contributed by atoms with Gasteiger partial charge in [0.2, 0.25) is 5.78 Å². The van der Waals surface area contributed by atoms with Gasteiger partial charge in [0.15, 0.2) is 0 Å². The predicted molar refractivity (Wildman–Crippen MR) is 147 cm³/mol. The first-order valence-electron chi connectivity index (χ1n) is 14.2. The van der Waals surface area contributed by atoms with E-state index < -0.39 is 0 Å². The largest absolute Gasteiger partial charge is 0.466 e. The average molecular weight is 539 g/mol. The van der Waals surface area contributed by atoms with Gasteiger partial charge >= 0.3 is 5.97 Å². The van der Waals surface area contributed by atoms with Gasteiger partial charge in [-0.05, 0) is 86.3 Å². The number of ether oxygens (including phenoxy) is 1. The first-order valence-corrected chi connectivity index (χ1v) is 14.2. The Morgan fingerprint density at radius 3 is 2.70 bits per heavy atom. The van der Waals surface area contributed by atoms with Gasteiger partial charge in [-0.25, -0.2) is 14.4 Å². The van der Waals surface area contributed by atoms with Crippen LogP contribution >= 0.6 is 0 Å². The van der Waals surface area contributed by atoms with Gasteiger partial charge in [-0.1, -0.05) is 30.3 Å². The molecule has 7 rings (SSSR count). The van der Waals surface area contributed by atoms with Crippen molar-refractivity contribution in [3.05, 3.63) is 88.6 Å². The fourth-order valence-electron chi connectivity index (χ4n) is 6.16. The van der Waals surface area contributed by atoms with Gasteiger partial charge in [0.25, 0.3) is 5.91 Å². The standard InChI is InChI=1S/C32H31FN4O3/c1-3-40-31(39)25-15-24(25)21-10-11-23(26(33)14-21)28-17-37-29(20-8-9-20)16-27(34-32(37)35-28)30(38)36-13-12-19-6-4-5-7-22(19)18(36)2/h4-7,10-11,14,16-18,20,24-25H,3,8-9,12-13,15H2,1-2H3/t18-,24?,25?/m1/s1. The van der Waals surface area contributed by atoms with Crippen LogP contribution in [-0.2, 0) is 16.0 Å². The zero-order valence-corrected chi connectivity index (χ0v) is 22.6. The van der Waals surface area contributed by atoms with E-state index in [1.807, 2.05) is 39.8 Å². The molecule has 2 saturated carbocycles. The number of imidazole rings is 1. The molecule has 4 aromatic rings. The van der Waals surface area contributed by atoms with Crippen molar-refractivity contribution in [1.82, 2.24) is 19.3 Å². The van der Waals surface area contributed by atoms with E-state index in [4.69, 9.17) is 4.74 Å². The van der Waals surface area contributed by atoms with Crippen molar-refractivity contribution >= 4 is 17.7 Å². The van der Waals surface area contributed by atoms with Crippen molar-refractivity contribution in [3.63, 3.8) is 0 Å². The highest BCUT2D eigenvalue weighted by molar-refractivity contribution is 5.93. The summed E-state index contributed by atoms with van der Waals surface area (Å²) in [6.45, 7) is 4.83. The molecule has 0 radical (unpaired) electrons. The molecule has 0 N–H and O–H groups in total. The molecule has 3 atom stereocenters. The fraction of sp³-hybridized carbons (Fsp3) is 0.375. The van der Waals surface area contributed by atoms with Crippen molar-refractivity contribution < 1.29 is 18.7 Å². The Morgan fingerprint density at radius 2 is 1.93 bits per heavy atom. The normalized spacial score (nSPS) is 21.8. The van der Waals surface area contributed by atoms with Gasteiger partial charge in [0.1, 0.15) is 11.5 Å². The minimum absolute atomic E-state index is 0.00970. The van der Waals surface area contributed by atoms with E-state index in [-0.39, 0.29) is 35.6 Å². The third-order valence-electron chi connectivity index (χ3n) is 8.62. The second kappa shape index (κ2) is 9.54. The Morgan fingerprint density at radius 1 is 1.10 bits per heavy atom. The summed E-state index contributed by atoms with van der Waals surface area (Å²) in [7, 11) is 0. The molecule has 2 aromatic carbocycles. The SMILES string of the molecule is CCOC(=O)C1CC1c1ccc(-c2cn3c(C4CC4)cc(C(=O)N4CCc5ccccc5[C@H]4C)nc3n2)c(F)c1. The molecule has 0 spiro atoms. The lowest BCUT2D eigenvalue weighted by Crippen LogP contribution is -2.39. The van der Waals surface area contributed by atoms with Crippen molar-refractivity contribution in [2.24, 2.45) is 5.92 Å². The molecule has 3 aliphatic rings. The summed E-state index contributed by atoms with van der Waals surface area (Å²) in [6, 6.07) is 15.2. The van der Waals surface area contributed by atoms with E-state index in [0.717, 1.165) is 30.5 Å². The molecule has 204 valence electrons. The number of aromatic nitrogens is 3. The third-order valence-corrected chi connectivity index (χ3v) is 8.62. The number of nitrogens with zero attached hydrogens (tertiary/aromatic N) is 4. The van der Waals surface area contributed by atoms with Crippen LogP contribution in [0.1, 0.15) is 83.9 Å². The van der Waals surface area contributed by atoms with Gasteiger partial charge in [-0.2, -0.15) is 0 Å². The van der Waals surface area contributed by atoms with Crippen LogP contribution in [-0.4, -0.2) is 44.3 Å². The van der Waals surface area contributed by atoms with Gasteiger partial charge in [0.05, 0.1) is 24.3 Å². The number of hydrogen-bond donors (Lipinski definition) is 0. The number of benzene rings is 2. The summed E-state index contributed by atoms with van der Waals surface area (Å²) < 4.78 is 22.4. The van der Waals surface area contributed by atoms with Crippen LogP contribution in [0.5, 0.6) is 0 Å².